The largest absolute Gasteiger partial charge is 0.492 e. The number of aryl methyl sites for hydroxylation is 1. The molecule has 8 heteroatoms. The highest BCUT2D eigenvalue weighted by Gasteiger charge is 2.08. The van der Waals surface area contributed by atoms with Crippen LogP contribution in [0.2, 0.25) is 5.02 Å². The van der Waals surface area contributed by atoms with Gasteiger partial charge in [-0.05, 0) is 31.2 Å². The molecule has 0 fully saturated rings. The number of guanidine groups is 1. The normalized spacial score (nSPS) is 10.6. The van der Waals surface area contributed by atoms with Crippen molar-refractivity contribution in [3.8, 4) is 5.75 Å². The summed E-state index contributed by atoms with van der Waals surface area (Å²) in [5, 5.41) is 9.55. The topological polar surface area (TPSA) is 74.8 Å². The lowest BCUT2D eigenvalue weighted by molar-refractivity contribution is 0.0954. The Hall–Kier alpha value is -2.00. The van der Waals surface area contributed by atoms with Crippen LogP contribution in [-0.2, 0) is 0 Å². The van der Waals surface area contributed by atoms with Crippen LogP contribution in [0, 0.1) is 6.92 Å². The Morgan fingerprint density at radius 1 is 1.00 bits per heavy atom. The highest BCUT2D eigenvalue weighted by Crippen LogP contribution is 2.14. The van der Waals surface area contributed by atoms with E-state index in [9.17, 15) is 4.79 Å². The van der Waals surface area contributed by atoms with E-state index in [0.717, 1.165) is 5.75 Å². The molecule has 0 aliphatic carbocycles. The van der Waals surface area contributed by atoms with Crippen LogP contribution in [0.15, 0.2) is 53.5 Å². The molecule has 2 rings (SSSR count). The lowest BCUT2D eigenvalue weighted by atomic mass is 10.2. The Labute approximate surface area is 188 Å². The third-order valence-electron chi connectivity index (χ3n) is 3.73. The van der Waals surface area contributed by atoms with E-state index in [2.05, 4.69) is 20.9 Å². The molecule has 3 N–H and O–H groups in total. The van der Waals surface area contributed by atoms with Gasteiger partial charge >= 0.3 is 0 Å². The lowest BCUT2D eigenvalue weighted by Crippen LogP contribution is -2.42. The molecule has 152 valence electrons. The van der Waals surface area contributed by atoms with Gasteiger partial charge in [0.05, 0.1) is 17.1 Å². The van der Waals surface area contributed by atoms with Gasteiger partial charge in [0.2, 0.25) is 0 Å². The van der Waals surface area contributed by atoms with Crippen molar-refractivity contribution in [2.75, 3.05) is 33.3 Å². The molecule has 0 radical (unpaired) electrons. The average molecular weight is 517 g/mol. The molecule has 1 amide bonds. The summed E-state index contributed by atoms with van der Waals surface area (Å²) in [6.45, 7) is 4.16. The summed E-state index contributed by atoms with van der Waals surface area (Å²) in [6, 6.07) is 14.9. The number of benzene rings is 2. The van der Waals surface area contributed by atoms with E-state index >= 15 is 0 Å². The zero-order valence-corrected chi connectivity index (χ0v) is 19.1. The Balaban J connectivity index is 0.00000392. The van der Waals surface area contributed by atoms with Crippen LogP contribution in [-0.4, -0.2) is 45.2 Å². The minimum atomic E-state index is -0.197. The standard InChI is InChI=1S/C20H25ClN4O2.HI/c1-15-7-9-16(10-8-15)27-14-13-25-20(22-2)24-12-11-23-19(26)17-5-3-4-6-18(17)21;/h3-10H,11-14H2,1-2H3,(H,23,26)(H2,22,24,25);1H. The summed E-state index contributed by atoms with van der Waals surface area (Å²) >= 11 is 6.01. The number of amides is 1. The first-order chi connectivity index (χ1) is 13.1. The Bertz CT molecular complexity index is 769. The number of nitrogens with one attached hydrogen (secondary N) is 3. The fraction of sp³-hybridized carbons (Fsp3) is 0.300. The van der Waals surface area contributed by atoms with Crippen molar-refractivity contribution in [2.24, 2.45) is 4.99 Å². The average Bonchev–Trinajstić information content (AvgIpc) is 2.68. The summed E-state index contributed by atoms with van der Waals surface area (Å²) in [6.07, 6.45) is 0. The third kappa shape index (κ3) is 8.35. The molecule has 0 aliphatic rings. The molecule has 0 atom stereocenters. The number of carbonyl (C=O) groups excluding carboxylic acids is 1. The summed E-state index contributed by atoms with van der Waals surface area (Å²) in [5.74, 6) is 1.29. The van der Waals surface area contributed by atoms with Crippen LogP contribution < -0.4 is 20.7 Å². The molecule has 0 saturated carbocycles. The smallest absolute Gasteiger partial charge is 0.252 e. The second kappa shape index (κ2) is 13.2. The SMILES string of the molecule is CN=C(NCCNC(=O)c1ccccc1Cl)NCCOc1ccc(C)cc1.I. The zero-order chi connectivity index (χ0) is 19.5. The van der Waals surface area contributed by atoms with Crippen molar-refractivity contribution in [3.05, 3.63) is 64.7 Å². The van der Waals surface area contributed by atoms with Gasteiger partial charge in [-0.25, -0.2) is 0 Å². The number of rotatable bonds is 8. The fourth-order valence-electron chi connectivity index (χ4n) is 2.29. The van der Waals surface area contributed by atoms with Gasteiger partial charge in [0.1, 0.15) is 12.4 Å². The highest BCUT2D eigenvalue weighted by atomic mass is 127. The van der Waals surface area contributed by atoms with Crippen LogP contribution in [0.5, 0.6) is 5.75 Å². The maximum atomic E-state index is 12.1. The second-order valence-corrected chi connectivity index (χ2v) is 6.23. The van der Waals surface area contributed by atoms with Crippen molar-refractivity contribution >= 4 is 47.4 Å². The number of nitrogens with zero attached hydrogens (tertiary/aromatic N) is 1. The summed E-state index contributed by atoms with van der Waals surface area (Å²) in [7, 11) is 1.69. The highest BCUT2D eigenvalue weighted by molar-refractivity contribution is 14.0. The molecule has 0 spiro atoms. The van der Waals surface area contributed by atoms with Gasteiger partial charge in [-0.2, -0.15) is 0 Å². The van der Waals surface area contributed by atoms with Gasteiger partial charge in [-0.1, -0.05) is 41.4 Å². The van der Waals surface area contributed by atoms with Crippen molar-refractivity contribution in [3.63, 3.8) is 0 Å². The molecule has 28 heavy (non-hydrogen) atoms. The van der Waals surface area contributed by atoms with Crippen LogP contribution in [0.4, 0.5) is 0 Å². The van der Waals surface area contributed by atoms with E-state index in [1.165, 1.54) is 5.56 Å². The number of aliphatic imine (C=N–C) groups is 1. The van der Waals surface area contributed by atoms with Gasteiger partial charge < -0.3 is 20.7 Å². The summed E-state index contributed by atoms with van der Waals surface area (Å²) in [4.78, 5) is 16.2. The van der Waals surface area contributed by atoms with Gasteiger partial charge in [0, 0.05) is 20.1 Å². The monoisotopic (exact) mass is 516 g/mol. The fourth-order valence-corrected chi connectivity index (χ4v) is 2.51. The maximum Gasteiger partial charge on any atom is 0.252 e. The molecule has 0 saturated heterocycles. The number of hydrogen-bond acceptors (Lipinski definition) is 3. The van der Waals surface area contributed by atoms with E-state index in [0.29, 0.717) is 42.8 Å². The van der Waals surface area contributed by atoms with Crippen LogP contribution in [0.3, 0.4) is 0 Å². The molecule has 6 nitrogen and oxygen atoms in total. The van der Waals surface area contributed by atoms with Crippen molar-refractivity contribution in [1.82, 2.24) is 16.0 Å². The van der Waals surface area contributed by atoms with E-state index in [-0.39, 0.29) is 29.9 Å². The summed E-state index contributed by atoms with van der Waals surface area (Å²) in [5.41, 5.74) is 1.67. The van der Waals surface area contributed by atoms with E-state index < -0.39 is 0 Å². The molecule has 0 aliphatic heterocycles. The van der Waals surface area contributed by atoms with Gasteiger partial charge in [-0.15, -0.1) is 24.0 Å². The first kappa shape index (κ1) is 24.0. The molecule has 0 aromatic heterocycles. The van der Waals surface area contributed by atoms with Crippen LogP contribution >= 0.6 is 35.6 Å². The molecule has 2 aromatic rings. The maximum absolute atomic E-state index is 12.1. The minimum Gasteiger partial charge on any atom is -0.492 e. The molecular formula is C20H26ClIN4O2. The van der Waals surface area contributed by atoms with Crippen LogP contribution in [0.25, 0.3) is 0 Å². The van der Waals surface area contributed by atoms with Crippen molar-refractivity contribution in [2.45, 2.75) is 6.92 Å². The zero-order valence-electron chi connectivity index (χ0n) is 16.0. The van der Waals surface area contributed by atoms with E-state index in [4.69, 9.17) is 16.3 Å². The van der Waals surface area contributed by atoms with Gasteiger partial charge in [0.15, 0.2) is 5.96 Å². The van der Waals surface area contributed by atoms with Crippen molar-refractivity contribution in [1.29, 1.82) is 0 Å². The second-order valence-electron chi connectivity index (χ2n) is 5.82. The third-order valence-corrected chi connectivity index (χ3v) is 4.06. The lowest BCUT2D eigenvalue weighted by Gasteiger charge is -2.13. The van der Waals surface area contributed by atoms with Crippen LogP contribution in [0.1, 0.15) is 15.9 Å². The van der Waals surface area contributed by atoms with E-state index in [1.54, 1.807) is 31.3 Å². The molecular weight excluding hydrogens is 491 g/mol. The molecule has 0 bridgehead atoms. The van der Waals surface area contributed by atoms with Gasteiger partial charge in [-0.3, -0.25) is 9.79 Å². The molecule has 0 heterocycles. The van der Waals surface area contributed by atoms with E-state index in [1.807, 2.05) is 31.2 Å². The molecule has 0 unspecified atom stereocenters. The first-order valence-electron chi connectivity index (χ1n) is 8.77. The number of carbonyl (C=O) groups is 1. The number of ether oxygens (including phenoxy) is 1. The van der Waals surface area contributed by atoms with Crippen molar-refractivity contribution < 1.29 is 9.53 Å². The number of halogens is 2. The number of hydrogen-bond donors (Lipinski definition) is 3. The first-order valence-corrected chi connectivity index (χ1v) is 9.14. The Morgan fingerprint density at radius 2 is 1.64 bits per heavy atom. The predicted molar refractivity (Wildman–Crippen MR) is 125 cm³/mol. The molecule has 2 aromatic carbocycles. The Kier molecular flexibility index (Phi) is 11.4. The minimum absolute atomic E-state index is 0. The Morgan fingerprint density at radius 3 is 2.32 bits per heavy atom. The predicted octanol–water partition coefficient (Wildman–Crippen LogP) is 3.24. The quantitative estimate of drug-likeness (QED) is 0.218. The van der Waals surface area contributed by atoms with Gasteiger partial charge in [0.25, 0.3) is 5.91 Å². The summed E-state index contributed by atoms with van der Waals surface area (Å²) < 4.78 is 5.66.